The number of hydrogen-bond acceptors (Lipinski definition) is 24. The SMILES string of the molecule is [N-]=[N+]=NCCn1ccc(C[C@H](N)C(=O)O)n1.[N-]=[N+]=NCc1cnc(C[C@H](N)C(=O)O)o1.[N-]=[N+]=NCc1cnc(C[C@H](N)C(=O)O)s1.[N-]=[N+]=NCc1coc(C[C@H](N)C(=O)O)n1.[N-]=[N+]=NCc1csc(C[C@H](N)C(=O)O)n1. The number of carbonyl (C=O) groups is 5. The van der Waals surface area contributed by atoms with Gasteiger partial charge in [-0.25, -0.2) is 19.9 Å². The highest BCUT2D eigenvalue weighted by atomic mass is 32.1. The maximum absolute atomic E-state index is 10.5. The smallest absolute Gasteiger partial charge is 0.321 e. The highest BCUT2D eigenvalue weighted by Gasteiger charge is 2.18. The zero-order valence-electron chi connectivity index (χ0n) is 39.3. The lowest BCUT2D eigenvalue weighted by Crippen LogP contribution is -2.32. The van der Waals surface area contributed by atoms with E-state index in [1.54, 1.807) is 28.5 Å². The van der Waals surface area contributed by atoms with Crippen LogP contribution in [0.1, 0.15) is 49.5 Å². The van der Waals surface area contributed by atoms with Crippen molar-refractivity contribution in [3.05, 3.63) is 138 Å². The predicted molar refractivity (Wildman–Crippen MR) is 261 cm³/mol. The molecular formula is C36H48N26O12S2. The number of aromatic nitrogens is 6. The molecule has 40 heteroatoms. The summed E-state index contributed by atoms with van der Waals surface area (Å²) in [6, 6.07) is -3.22. The minimum atomic E-state index is -1.12. The van der Waals surface area contributed by atoms with Crippen LogP contribution in [0.2, 0.25) is 0 Å². The lowest BCUT2D eigenvalue weighted by atomic mass is 10.2. The monoisotopic (exact) mass is 1100 g/mol. The van der Waals surface area contributed by atoms with Gasteiger partial charge in [0.15, 0.2) is 11.8 Å². The summed E-state index contributed by atoms with van der Waals surface area (Å²) in [5.41, 5.74) is 68.7. The summed E-state index contributed by atoms with van der Waals surface area (Å²) in [7, 11) is 0. The number of nitrogens with two attached hydrogens (primary N) is 5. The molecule has 5 aromatic rings. The maximum atomic E-state index is 10.5. The van der Waals surface area contributed by atoms with Gasteiger partial charge >= 0.3 is 29.8 Å². The van der Waals surface area contributed by atoms with Gasteiger partial charge in [0, 0.05) is 79.6 Å². The zero-order valence-corrected chi connectivity index (χ0v) is 41.0. The maximum Gasteiger partial charge on any atom is 0.321 e. The number of aliphatic carboxylic acids is 5. The number of nitrogens with zero attached hydrogens (tertiary/aromatic N) is 21. The van der Waals surface area contributed by atoms with E-state index in [0.29, 0.717) is 45.9 Å². The van der Waals surface area contributed by atoms with Gasteiger partial charge in [-0.2, -0.15) is 5.10 Å². The average Bonchev–Trinajstić information content (AvgIpc) is 4.26. The normalized spacial score (nSPS) is 11.8. The van der Waals surface area contributed by atoms with Crippen molar-refractivity contribution in [3.63, 3.8) is 0 Å². The lowest BCUT2D eigenvalue weighted by Gasteiger charge is -2.02. The Morgan fingerprint density at radius 2 is 1.09 bits per heavy atom. The largest absolute Gasteiger partial charge is 0.480 e. The molecule has 0 aliphatic carbocycles. The average molecular weight is 1100 g/mol. The van der Waals surface area contributed by atoms with E-state index < -0.39 is 60.1 Å². The Morgan fingerprint density at radius 1 is 0.592 bits per heavy atom. The van der Waals surface area contributed by atoms with Crippen LogP contribution in [0, 0.1) is 0 Å². The van der Waals surface area contributed by atoms with Crippen molar-refractivity contribution in [3.8, 4) is 0 Å². The zero-order chi connectivity index (χ0) is 57.0. The number of hydrogen-bond donors (Lipinski definition) is 10. The van der Waals surface area contributed by atoms with Gasteiger partial charge in [-0.15, -0.1) is 22.7 Å². The molecule has 0 saturated heterocycles. The van der Waals surface area contributed by atoms with Crippen LogP contribution in [0.25, 0.3) is 52.2 Å². The number of carboxylic acids is 5. The fourth-order valence-electron chi connectivity index (χ4n) is 4.72. The van der Waals surface area contributed by atoms with Crippen LogP contribution in [-0.4, -0.2) is 122 Å². The molecule has 5 heterocycles. The van der Waals surface area contributed by atoms with Gasteiger partial charge in [-0.05, 0) is 33.7 Å². The van der Waals surface area contributed by atoms with Gasteiger partial charge in [0.05, 0.1) is 72.3 Å². The molecule has 5 atom stereocenters. The summed E-state index contributed by atoms with van der Waals surface area (Å²) in [4.78, 5) is 81.8. The van der Waals surface area contributed by atoms with Crippen molar-refractivity contribution < 1.29 is 58.3 Å². The number of thiazole rings is 2. The molecule has 0 bridgehead atoms. The highest BCUT2D eigenvalue weighted by molar-refractivity contribution is 7.11. The standard InChI is InChI=1S/C8H12N6O2.2C7H9N5O3.2C7H9N5O2S/c9-7(8(15)16)5-6-1-3-14(12-6)4-2-11-13-10;8-5(7(13)14)1-6-11-4(3-15-6)2-10-12-9;8-5(7(13)14)1-6-10-2-4(15-6)3-11-12-9;8-5(7(13)14)1-6-11-4(3-15-6)2-10-12-9;8-5(7(13)14)1-6-10-2-4(15-6)3-11-12-9/h1,3,7H,2,4-5,9H2,(H,15,16);3,5H,1-2,8H2,(H,13,14);2,5H,1,3,8H2,(H,13,14);3,5H,1-2,8H2,(H,13,14);2,5H,1,3,8H2,(H,13,14)/t7-;4*5-/m00000/s1. The predicted octanol–water partition coefficient (Wildman–Crippen LogP) is 2.84. The van der Waals surface area contributed by atoms with E-state index in [2.05, 4.69) is 75.2 Å². The molecule has 0 unspecified atom stereocenters. The molecular weight excluding hydrogens is 1050 g/mol. The second-order valence-electron chi connectivity index (χ2n) is 14.2. The first-order valence-corrected chi connectivity index (χ1v) is 22.6. The number of rotatable bonds is 26. The van der Waals surface area contributed by atoms with Gasteiger partial charge < -0.3 is 63.0 Å². The Labute approximate surface area is 433 Å². The third kappa shape index (κ3) is 28.0. The molecule has 0 saturated carbocycles. The van der Waals surface area contributed by atoms with E-state index in [4.69, 9.17) is 90.7 Å². The van der Waals surface area contributed by atoms with Crippen LogP contribution in [-0.2, 0) is 88.8 Å². The second kappa shape index (κ2) is 36.5. The summed E-state index contributed by atoms with van der Waals surface area (Å²) in [5, 5.41) is 66.5. The Hall–Kier alpha value is -9.41. The van der Waals surface area contributed by atoms with Crippen molar-refractivity contribution in [1.29, 1.82) is 0 Å². The molecule has 0 spiro atoms. The van der Waals surface area contributed by atoms with Crippen molar-refractivity contribution in [2.24, 2.45) is 54.2 Å². The van der Waals surface area contributed by atoms with Crippen molar-refractivity contribution in [2.75, 3.05) is 6.54 Å². The van der Waals surface area contributed by atoms with E-state index in [1.807, 2.05) is 0 Å². The molecule has 0 radical (unpaired) electrons. The molecule has 0 amide bonds. The summed E-state index contributed by atoms with van der Waals surface area (Å²) in [5.74, 6) is -4.59. The second-order valence-corrected chi connectivity index (χ2v) is 16.4. The molecule has 15 N–H and O–H groups in total. The van der Waals surface area contributed by atoms with E-state index in [1.165, 1.54) is 35.1 Å². The van der Waals surface area contributed by atoms with Crippen molar-refractivity contribution in [1.82, 2.24) is 29.7 Å². The number of oxazole rings is 2. The minimum absolute atomic E-state index is 0.00556. The molecule has 0 fully saturated rings. The summed E-state index contributed by atoms with van der Waals surface area (Å²) >= 11 is 2.61. The molecule has 0 aromatic carbocycles. The molecule has 0 aliphatic heterocycles. The topological polar surface area (TPSA) is 656 Å². The van der Waals surface area contributed by atoms with E-state index >= 15 is 0 Å². The Morgan fingerprint density at radius 3 is 1.66 bits per heavy atom. The van der Waals surface area contributed by atoms with Crippen molar-refractivity contribution in [2.45, 2.75) is 95.0 Å². The molecule has 406 valence electrons. The van der Waals surface area contributed by atoms with Crippen LogP contribution in [0.3, 0.4) is 0 Å². The third-order valence-corrected chi connectivity index (χ3v) is 10.3. The Balaban J connectivity index is 0.000000475. The van der Waals surface area contributed by atoms with Crippen LogP contribution in [0.4, 0.5) is 0 Å². The van der Waals surface area contributed by atoms with E-state index in [0.717, 1.165) is 4.88 Å². The van der Waals surface area contributed by atoms with Gasteiger partial charge in [0.1, 0.15) is 42.2 Å². The first-order valence-electron chi connectivity index (χ1n) is 20.9. The molecule has 5 rings (SSSR count). The molecule has 76 heavy (non-hydrogen) atoms. The van der Waals surface area contributed by atoms with Gasteiger partial charge in [0.25, 0.3) is 0 Å². The highest BCUT2D eigenvalue weighted by Crippen LogP contribution is 2.16. The Kier molecular flexibility index (Phi) is 31.0. The van der Waals surface area contributed by atoms with E-state index in [-0.39, 0.29) is 70.1 Å². The summed E-state index contributed by atoms with van der Waals surface area (Å²) in [6.07, 6.45) is 6.50. The molecule has 38 nitrogen and oxygen atoms in total. The number of azide groups is 5. The summed E-state index contributed by atoms with van der Waals surface area (Å²) in [6.45, 7) is 1.30. The first-order chi connectivity index (χ1) is 36.2. The number of carboxylic acid groups (broad SMARTS) is 5. The van der Waals surface area contributed by atoms with Gasteiger partial charge in [-0.3, -0.25) is 28.7 Å². The fourth-order valence-corrected chi connectivity index (χ4v) is 6.46. The van der Waals surface area contributed by atoms with Crippen LogP contribution >= 0.6 is 22.7 Å². The minimum Gasteiger partial charge on any atom is -0.480 e. The fraction of sp³-hybridized carbons (Fsp3) is 0.444. The lowest BCUT2D eigenvalue weighted by molar-refractivity contribution is -0.139. The summed E-state index contributed by atoms with van der Waals surface area (Å²) < 4.78 is 11.6. The molecule has 0 aliphatic rings. The van der Waals surface area contributed by atoms with Crippen molar-refractivity contribution >= 4 is 52.5 Å². The van der Waals surface area contributed by atoms with Crippen LogP contribution < -0.4 is 28.7 Å². The van der Waals surface area contributed by atoms with Gasteiger partial charge in [0.2, 0.25) is 0 Å². The first kappa shape index (κ1) is 64.6. The Bertz CT molecular complexity index is 2580. The molecule has 5 aromatic heterocycles. The van der Waals surface area contributed by atoms with Crippen LogP contribution in [0.5, 0.6) is 0 Å². The van der Waals surface area contributed by atoms with Crippen LogP contribution in [0.15, 0.2) is 70.7 Å². The van der Waals surface area contributed by atoms with E-state index in [9.17, 15) is 24.0 Å². The van der Waals surface area contributed by atoms with Gasteiger partial charge in [-0.1, -0.05) is 25.6 Å². The third-order valence-electron chi connectivity index (χ3n) is 8.35. The quantitative estimate of drug-likeness (QED) is 0.0216.